The number of amidine groups is 1. The third kappa shape index (κ3) is 4.07. The third-order valence-electron chi connectivity index (χ3n) is 12.1. The van der Waals surface area contributed by atoms with Crippen LogP contribution in [-0.2, 0) is 0 Å². The standard InChI is InChI=1S/C35H41N5O/c36-33(34-14-20-7-21(15-34)9-22(8-20)16-34)37-28-4-1-26(2-5-28)31-38-29-6-3-27(13-30(29)39-31)32(41)40-35-17-23-10-24(18-35)12-25(11-23)19-35/h1-6,13,20-25H,7-12,14-19H2,(H2,36,37)(H,38,39)(H,40,41). The second-order valence-corrected chi connectivity index (χ2v) is 15.2. The molecule has 0 radical (unpaired) electrons. The highest BCUT2D eigenvalue weighted by Crippen LogP contribution is 2.60. The van der Waals surface area contributed by atoms with Crippen LogP contribution in [0.5, 0.6) is 0 Å². The number of rotatable bonds is 5. The SMILES string of the molecule is NC(=Nc1ccc(-c2nc3ccc(C(=O)NC45CC6CC(CC(C6)C4)C5)cc3[nH]2)cc1)C12CC3CC(CC(C3)C1)C2. The molecule has 212 valence electrons. The van der Waals surface area contributed by atoms with E-state index < -0.39 is 0 Å². The van der Waals surface area contributed by atoms with Crippen LogP contribution in [0.3, 0.4) is 0 Å². The van der Waals surface area contributed by atoms with E-state index in [-0.39, 0.29) is 16.9 Å². The lowest BCUT2D eigenvalue weighted by Gasteiger charge is -2.56. The number of nitrogens with zero attached hydrogens (tertiary/aromatic N) is 2. The molecular formula is C35H41N5O. The van der Waals surface area contributed by atoms with Crippen molar-refractivity contribution in [1.29, 1.82) is 0 Å². The molecule has 6 nitrogen and oxygen atoms in total. The molecule has 41 heavy (non-hydrogen) atoms. The van der Waals surface area contributed by atoms with Crippen LogP contribution in [0.25, 0.3) is 22.4 Å². The summed E-state index contributed by atoms with van der Waals surface area (Å²) in [4.78, 5) is 26.7. The van der Waals surface area contributed by atoms with Crippen LogP contribution in [0.15, 0.2) is 47.5 Å². The molecule has 2 aromatic carbocycles. The van der Waals surface area contributed by atoms with Crippen molar-refractivity contribution in [2.75, 3.05) is 0 Å². The normalized spacial score (nSPS) is 38.6. The van der Waals surface area contributed by atoms with Gasteiger partial charge in [0.1, 0.15) is 11.7 Å². The van der Waals surface area contributed by atoms with Gasteiger partial charge in [0, 0.05) is 22.1 Å². The van der Waals surface area contributed by atoms with Crippen LogP contribution in [0.4, 0.5) is 5.69 Å². The summed E-state index contributed by atoms with van der Waals surface area (Å²) < 4.78 is 0. The van der Waals surface area contributed by atoms with E-state index in [0.717, 1.165) is 88.7 Å². The number of aliphatic imine (C=N–C) groups is 1. The van der Waals surface area contributed by atoms with E-state index >= 15 is 0 Å². The van der Waals surface area contributed by atoms with Crippen molar-refractivity contribution in [2.45, 2.75) is 82.6 Å². The fourth-order valence-corrected chi connectivity index (χ4v) is 11.2. The van der Waals surface area contributed by atoms with Gasteiger partial charge in [-0.15, -0.1) is 0 Å². The number of carbonyl (C=O) groups is 1. The maximum absolute atomic E-state index is 13.4. The summed E-state index contributed by atoms with van der Waals surface area (Å²) in [7, 11) is 0. The zero-order valence-electron chi connectivity index (χ0n) is 23.9. The number of aromatic nitrogens is 2. The molecule has 1 aromatic heterocycles. The lowest BCUT2D eigenvalue weighted by atomic mass is 9.49. The van der Waals surface area contributed by atoms with Gasteiger partial charge in [-0.3, -0.25) is 4.79 Å². The smallest absolute Gasteiger partial charge is 0.251 e. The summed E-state index contributed by atoms with van der Waals surface area (Å²) in [6, 6.07) is 14.1. The summed E-state index contributed by atoms with van der Waals surface area (Å²) in [6.07, 6.45) is 15.5. The van der Waals surface area contributed by atoms with Crippen LogP contribution in [0, 0.1) is 40.9 Å². The first-order valence-corrected chi connectivity index (χ1v) is 16.2. The zero-order valence-corrected chi connectivity index (χ0v) is 23.9. The monoisotopic (exact) mass is 547 g/mol. The van der Waals surface area contributed by atoms with E-state index in [1.54, 1.807) is 0 Å². The van der Waals surface area contributed by atoms with Gasteiger partial charge in [0.05, 0.1) is 16.7 Å². The van der Waals surface area contributed by atoms with Gasteiger partial charge in [-0.1, -0.05) is 0 Å². The minimum atomic E-state index is 0.0171. The van der Waals surface area contributed by atoms with Crippen LogP contribution >= 0.6 is 0 Å². The summed E-state index contributed by atoms with van der Waals surface area (Å²) in [5, 5.41) is 3.51. The first kappa shape index (κ1) is 24.4. The average molecular weight is 548 g/mol. The number of nitrogens with two attached hydrogens (primary N) is 1. The molecule has 4 N–H and O–H groups in total. The topological polar surface area (TPSA) is 96.2 Å². The first-order chi connectivity index (χ1) is 19.9. The van der Waals surface area contributed by atoms with Gasteiger partial charge in [-0.2, -0.15) is 0 Å². The molecule has 11 rings (SSSR count). The second-order valence-electron chi connectivity index (χ2n) is 15.2. The summed E-state index contributed by atoms with van der Waals surface area (Å²) in [6.45, 7) is 0. The fraction of sp³-hybridized carbons (Fsp3) is 0.571. The van der Waals surface area contributed by atoms with Gasteiger partial charge < -0.3 is 16.0 Å². The van der Waals surface area contributed by atoms with E-state index in [0.29, 0.717) is 5.56 Å². The Balaban J connectivity index is 0.925. The maximum Gasteiger partial charge on any atom is 0.251 e. The van der Waals surface area contributed by atoms with Crippen molar-refractivity contribution >= 4 is 28.5 Å². The van der Waals surface area contributed by atoms with Gasteiger partial charge in [-0.05, 0) is 155 Å². The van der Waals surface area contributed by atoms with Crippen LogP contribution in [-0.4, -0.2) is 27.2 Å². The van der Waals surface area contributed by atoms with Crippen molar-refractivity contribution in [1.82, 2.24) is 15.3 Å². The summed E-state index contributed by atoms with van der Waals surface area (Å²) in [5.41, 5.74) is 11.3. The lowest BCUT2D eigenvalue weighted by Crippen LogP contribution is -2.59. The predicted octanol–water partition coefficient (Wildman–Crippen LogP) is 7.13. The van der Waals surface area contributed by atoms with Crippen LogP contribution in [0.2, 0.25) is 0 Å². The average Bonchev–Trinajstić information content (AvgIpc) is 3.35. The zero-order chi connectivity index (χ0) is 27.3. The van der Waals surface area contributed by atoms with Crippen molar-refractivity contribution in [2.24, 2.45) is 51.6 Å². The third-order valence-corrected chi connectivity index (χ3v) is 12.1. The first-order valence-electron chi connectivity index (χ1n) is 16.2. The van der Waals surface area contributed by atoms with Gasteiger partial charge >= 0.3 is 0 Å². The number of hydrogen-bond acceptors (Lipinski definition) is 3. The molecule has 8 saturated carbocycles. The lowest BCUT2D eigenvalue weighted by molar-refractivity contribution is -0.0167. The maximum atomic E-state index is 13.4. The molecule has 8 aliphatic rings. The minimum Gasteiger partial charge on any atom is -0.387 e. The van der Waals surface area contributed by atoms with Gasteiger partial charge in [0.2, 0.25) is 0 Å². The summed E-state index contributed by atoms with van der Waals surface area (Å²) >= 11 is 0. The Labute approximate surface area is 242 Å². The van der Waals surface area contributed by atoms with E-state index in [1.807, 2.05) is 18.2 Å². The molecule has 8 bridgehead atoms. The Morgan fingerprint density at radius 1 is 0.805 bits per heavy atom. The van der Waals surface area contributed by atoms with Gasteiger partial charge in [-0.25, -0.2) is 9.98 Å². The number of imidazole rings is 1. The van der Waals surface area contributed by atoms with Crippen molar-refractivity contribution in [3.63, 3.8) is 0 Å². The number of nitrogens with one attached hydrogen (secondary N) is 2. The quantitative estimate of drug-likeness (QED) is 0.234. The molecule has 0 unspecified atom stereocenters. The second kappa shape index (κ2) is 8.68. The molecule has 1 amide bonds. The van der Waals surface area contributed by atoms with Crippen molar-refractivity contribution in [3.05, 3.63) is 48.0 Å². The number of aromatic amines is 1. The number of hydrogen-bond donors (Lipinski definition) is 3. The number of carbonyl (C=O) groups excluding carboxylic acids is 1. The molecule has 0 spiro atoms. The highest BCUT2D eigenvalue weighted by Gasteiger charge is 2.53. The molecule has 0 atom stereocenters. The van der Waals surface area contributed by atoms with E-state index in [4.69, 9.17) is 15.7 Å². The Morgan fingerprint density at radius 2 is 1.37 bits per heavy atom. The Kier molecular flexibility index (Phi) is 5.18. The molecule has 0 aliphatic heterocycles. The van der Waals surface area contributed by atoms with E-state index in [1.165, 1.54) is 57.8 Å². The molecule has 0 saturated heterocycles. The van der Waals surface area contributed by atoms with E-state index in [9.17, 15) is 4.79 Å². The molecule has 6 heteroatoms. The Hall–Kier alpha value is -3.15. The van der Waals surface area contributed by atoms with Crippen molar-refractivity contribution < 1.29 is 4.79 Å². The van der Waals surface area contributed by atoms with Gasteiger partial charge in [0.15, 0.2) is 0 Å². The van der Waals surface area contributed by atoms with Gasteiger partial charge in [0.25, 0.3) is 5.91 Å². The highest BCUT2D eigenvalue weighted by atomic mass is 16.1. The highest BCUT2D eigenvalue weighted by molar-refractivity contribution is 5.98. The Bertz CT molecular complexity index is 1490. The number of fused-ring (bicyclic) bond motifs is 1. The number of benzene rings is 2. The fourth-order valence-electron chi connectivity index (χ4n) is 11.2. The largest absolute Gasteiger partial charge is 0.387 e. The summed E-state index contributed by atoms with van der Waals surface area (Å²) in [5.74, 6) is 6.72. The van der Waals surface area contributed by atoms with Crippen molar-refractivity contribution in [3.8, 4) is 11.4 Å². The predicted molar refractivity (Wildman–Crippen MR) is 162 cm³/mol. The molecule has 8 fully saturated rings. The van der Waals surface area contributed by atoms with Crippen LogP contribution < -0.4 is 11.1 Å². The minimum absolute atomic E-state index is 0.0171. The molecular weight excluding hydrogens is 506 g/mol. The van der Waals surface area contributed by atoms with Crippen LogP contribution in [0.1, 0.15) is 87.4 Å². The number of H-pyrrole nitrogens is 1. The molecule has 1 heterocycles. The molecule has 3 aromatic rings. The molecule has 8 aliphatic carbocycles. The van der Waals surface area contributed by atoms with E-state index in [2.05, 4.69) is 34.6 Å². The Morgan fingerprint density at radius 3 is 1.95 bits per heavy atom. The number of amides is 1.